The lowest BCUT2D eigenvalue weighted by atomic mass is 10.1. The summed E-state index contributed by atoms with van der Waals surface area (Å²) in [6.07, 6.45) is 2.26. The van der Waals surface area contributed by atoms with Gasteiger partial charge in [0.1, 0.15) is 5.75 Å². The SMILES string of the molecule is CC(C)CCCOc1c(Cl)cccc1CNCC(C)C. The maximum absolute atomic E-state index is 6.26. The molecule has 3 heteroatoms. The minimum absolute atomic E-state index is 0.643. The lowest BCUT2D eigenvalue weighted by Gasteiger charge is -2.15. The first-order chi connectivity index (χ1) is 9.50. The Morgan fingerprint density at radius 1 is 1.15 bits per heavy atom. The molecule has 0 aliphatic rings. The predicted molar refractivity (Wildman–Crippen MR) is 87.6 cm³/mol. The van der Waals surface area contributed by atoms with Crippen molar-refractivity contribution in [2.75, 3.05) is 13.2 Å². The fourth-order valence-corrected chi connectivity index (χ4v) is 2.26. The quantitative estimate of drug-likeness (QED) is 0.655. The molecule has 20 heavy (non-hydrogen) atoms. The molecule has 0 aromatic heterocycles. The zero-order chi connectivity index (χ0) is 15.0. The Balaban J connectivity index is 2.54. The van der Waals surface area contributed by atoms with Crippen molar-refractivity contribution >= 4 is 11.6 Å². The van der Waals surface area contributed by atoms with E-state index in [0.717, 1.165) is 43.3 Å². The van der Waals surface area contributed by atoms with E-state index in [1.165, 1.54) is 6.42 Å². The second kappa shape index (κ2) is 9.25. The molecule has 1 rings (SSSR count). The lowest BCUT2D eigenvalue weighted by Crippen LogP contribution is -2.19. The number of benzene rings is 1. The molecule has 0 fully saturated rings. The van der Waals surface area contributed by atoms with Crippen LogP contribution in [-0.4, -0.2) is 13.2 Å². The zero-order valence-corrected chi connectivity index (χ0v) is 14.0. The van der Waals surface area contributed by atoms with Crippen LogP contribution in [0.5, 0.6) is 5.75 Å². The molecule has 0 amide bonds. The molecular weight excluding hydrogens is 270 g/mol. The zero-order valence-electron chi connectivity index (χ0n) is 13.2. The molecule has 0 atom stereocenters. The highest BCUT2D eigenvalue weighted by atomic mass is 35.5. The van der Waals surface area contributed by atoms with E-state index < -0.39 is 0 Å². The molecule has 0 spiro atoms. The predicted octanol–water partition coefficient (Wildman–Crippen LogP) is 4.90. The van der Waals surface area contributed by atoms with E-state index in [9.17, 15) is 0 Å². The van der Waals surface area contributed by atoms with Gasteiger partial charge in [-0.3, -0.25) is 0 Å². The van der Waals surface area contributed by atoms with Crippen molar-refractivity contribution in [2.24, 2.45) is 11.8 Å². The molecule has 0 saturated heterocycles. The van der Waals surface area contributed by atoms with E-state index in [1.54, 1.807) is 0 Å². The lowest BCUT2D eigenvalue weighted by molar-refractivity contribution is 0.294. The Hall–Kier alpha value is -0.730. The van der Waals surface area contributed by atoms with Crippen molar-refractivity contribution < 1.29 is 4.74 Å². The second-order valence-corrected chi connectivity index (χ2v) is 6.54. The first-order valence-corrected chi connectivity index (χ1v) is 7.99. The van der Waals surface area contributed by atoms with Crippen LogP contribution < -0.4 is 10.1 Å². The van der Waals surface area contributed by atoms with Crippen LogP contribution in [0.15, 0.2) is 18.2 Å². The number of para-hydroxylation sites is 1. The summed E-state index contributed by atoms with van der Waals surface area (Å²) in [6, 6.07) is 5.96. The van der Waals surface area contributed by atoms with Crippen LogP contribution >= 0.6 is 11.6 Å². The highest BCUT2D eigenvalue weighted by molar-refractivity contribution is 6.32. The Morgan fingerprint density at radius 2 is 1.90 bits per heavy atom. The molecule has 114 valence electrons. The largest absolute Gasteiger partial charge is 0.492 e. The van der Waals surface area contributed by atoms with Gasteiger partial charge in [0.05, 0.1) is 11.6 Å². The summed E-state index contributed by atoms with van der Waals surface area (Å²) in [6.45, 7) is 11.4. The Labute approximate surface area is 128 Å². The summed E-state index contributed by atoms with van der Waals surface area (Å²) in [5.41, 5.74) is 1.14. The third kappa shape index (κ3) is 6.62. The van der Waals surface area contributed by atoms with Crippen LogP contribution in [-0.2, 0) is 6.54 Å². The summed E-state index contributed by atoms with van der Waals surface area (Å²) in [4.78, 5) is 0. The minimum atomic E-state index is 0.643. The Bertz CT molecular complexity index is 391. The van der Waals surface area contributed by atoms with Gasteiger partial charge in [-0.2, -0.15) is 0 Å². The molecule has 0 radical (unpaired) electrons. The smallest absolute Gasteiger partial charge is 0.142 e. The van der Waals surface area contributed by atoms with Gasteiger partial charge in [-0.15, -0.1) is 0 Å². The van der Waals surface area contributed by atoms with E-state index in [4.69, 9.17) is 16.3 Å². The van der Waals surface area contributed by atoms with Crippen molar-refractivity contribution in [2.45, 2.75) is 47.1 Å². The van der Waals surface area contributed by atoms with Crippen molar-refractivity contribution in [1.82, 2.24) is 5.32 Å². The van der Waals surface area contributed by atoms with Crippen LogP contribution in [0.2, 0.25) is 5.02 Å². The van der Waals surface area contributed by atoms with Crippen LogP contribution in [0.3, 0.4) is 0 Å². The van der Waals surface area contributed by atoms with Crippen LogP contribution in [0.4, 0.5) is 0 Å². The van der Waals surface area contributed by atoms with Gasteiger partial charge in [0.2, 0.25) is 0 Å². The van der Waals surface area contributed by atoms with Crippen LogP contribution in [0.25, 0.3) is 0 Å². The maximum atomic E-state index is 6.26. The van der Waals surface area contributed by atoms with Gasteiger partial charge in [-0.05, 0) is 37.3 Å². The standard InChI is InChI=1S/C17H28ClNO/c1-13(2)7-6-10-20-17-15(8-5-9-16(17)18)12-19-11-14(3)4/h5,8-9,13-14,19H,6-7,10-12H2,1-4H3. The molecule has 0 aliphatic carbocycles. The molecule has 1 aromatic carbocycles. The van der Waals surface area contributed by atoms with Gasteiger partial charge in [0, 0.05) is 12.1 Å². The van der Waals surface area contributed by atoms with Gasteiger partial charge in [-0.25, -0.2) is 0 Å². The van der Waals surface area contributed by atoms with Gasteiger partial charge >= 0.3 is 0 Å². The molecule has 0 heterocycles. The van der Waals surface area contributed by atoms with Gasteiger partial charge in [0.25, 0.3) is 0 Å². The van der Waals surface area contributed by atoms with E-state index in [0.29, 0.717) is 10.9 Å². The Kier molecular flexibility index (Phi) is 8.01. The van der Waals surface area contributed by atoms with Crippen molar-refractivity contribution in [1.29, 1.82) is 0 Å². The summed E-state index contributed by atoms with van der Waals surface area (Å²) in [5.74, 6) is 2.20. The monoisotopic (exact) mass is 297 g/mol. The van der Waals surface area contributed by atoms with Crippen LogP contribution in [0.1, 0.15) is 46.1 Å². The van der Waals surface area contributed by atoms with Crippen molar-refractivity contribution in [3.8, 4) is 5.75 Å². The summed E-state index contributed by atoms with van der Waals surface area (Å²) in [5, 5.41) is 4.15. The average Bonchev–Trinajstić information content (AvgIpc) is 2.36. The molecule has 1 N–H and O–H groups in total. The molecule has 0 saturated carbocycles. The molecule has 1 aromatic rings. The van der Waals surface area contributed by atoms with Crippen LogP contribution in [0, 0.1) is 11.8 Å². The molecule has 0 aliphatic heterocycles. The van der Waals surface area contributed by atoms with Gasteiger partial charge in [0.15, 0.2) is 0 Å². The summed E-state index contributed by atoms with van der Waals surface area (Å²) in [7, 11) is 0. The first-order valence-electron chi connectivity index (χ1n) is 7.61. The number of halogens is 1. The Morgan fingerprint density at radius 3 is 2.55 bits per heavy atom. The second-order valence-electron chi connectivity index (χ2n) is 6.14. The van der Waals surface area contributed by atoms with Gasteiger partial charge in [-0.1, -0.05) is 51.4 Å². The normalized spacial score (nSPS) is 11.3. The fourth-order valence-electron chi connectivity index (χ4n) is 2.02. The number of hydrogen-bond donors (Lipinski definition) is 1. The van der Waals surface area contributed by atoms with Crippen molar-refractivity contribution in [3.05, 3.63) is 28.8 Å². The highest BCUT2D eigenvalue weighted by Crippen LogP contribution is 2.29. The average molecular weight is 298 g/mol. The van der Waals surface area contributed by atoms with E-state index in [1.807, 2.05) is 12.1 Å². The number of nitrogens with one attached hydrogen (secondary N) is 1. The third-order valence-corrected chi connectivity index (χ3v) is 3.39. The summed E-state index contributed by atoms with van der Waals surface area (Å²) < 4.78 is 5.90. The number of hydrogen-bond acceptors (Lipinski definition) is 2. The molecule has 0 unspecified atom stereocenters. The highest BCUT2D eigenvalue weighted by Gasteiger charge is 2.08. The topological polar surface area (TPSA) is 21.3 Å². The number of rotatable bonds is 9. The third-order valence-electron chi connectivity index (χ3n) is 3.09. The van der Waals surface area contributed by atoms with Crippen molar-refractivity contribution in [3.63, 3.8) is 0 Å². The first kappa shape index (κ1) is 17.3. The van der Waals surface area contributed by atoms with Gasteiger partial charge < -0.3 is 10.1 Å². The summed E-state index contributed by atoms with van der Waals surface area (Å²) >= 11 is 6.26. The number of ether oxygens (including phenoxy) is 1. The van der Waals surface area contributed by atoms with E-state index in [-0.39, 0.29) is 0 Å². The maximum Gasteiger partial charge on any atom is 0.142 e. The molecule has 2 nitrogen and oxygen atoms in total. The molecular formula is C17H28ClNO. The minimum Gasteiger partial charge on any atom is -0.492 e. The van der Waals surface area contributed by atoms with E-state index >= 15 is 0 Å². The molecule has 0 bridgehead atoms. The van der Waals surface area contributed by atoms with E-state index in [2.05, 4.69) is 39.1 Å². The fraction of sp³-hybridized carbons (Fsp3) is 0.647.